The lowest BCUT2D eigenvalue weighted by molar-refractivity contribution is 0.0998. The van der Waals surface area contributed by atoms with Crippen LogP contribution in [0.15, 0.2) is 53.4 Å². The minimum atomic E-state index is -3.63. The number of hydrogen-bond acceptors (Lipinski definition) is 4. The molecule has 7 nitrogen and oxygen atoms in total. The Bertz CT molecular complexity index is 963. The van der Waals surface area contributed by atoms with E-state index in [4.69, 9.17) is 5.73 Å². The normalized spacial score (nSPS) is 15.6. The number of nitrogens with zero attached hydrogens (tertiary/aromatic N) is 1. The third kappa shape index (κ3) is 4.58. The predicted octanol–water partition coefficient (Wildman–Crippen LogP) is 2.60. The zero-order chi connectivity index (χ0) is 20.1. The molecule has 0 spiro atoms. The van der Waals surface area contributed by atoms with E-state index in [0.29, 0.717) is 24.3 Å². The first kappa shape index (κ1) is 20.0. The third-order valence-electron chi connectivity index (χ3n) is 4.73. The minimum absolute atomic E-state index is 0.117. The summed E-state index contributed by atoms with van der Waals surface area (Å²) in [6, 6.07) is 12.2. The fraction of sp³-hybridized carbons (Fsp3) is 0.300. The van der Waals surface area contributed by atoms with Gasteiger partial charge in [-0.1, -0.05) is 18.9 Å². The van der Waals surface area contributed by atoms with Crippen molar-refractivity contribution >= 4 is 27.5 Å². The average molecular weight is 401 g/mol. The average Bonchev–Trinajstić information content (AvgIpc) is 2.98. The third-order valence-corrected chi connectivity index (χ3v) is 6.62. The second-order valence-electron chi connectivity index (χ2n) is 6.74. The van der Waals surface area contributed by atoms with E-state index in [-0.39, 0.29) is 10.5 Å². The Morgan fingerprint density at radius 2 is 1.54 bits per heavy atom. The summed E-state index contributed by atoms with van der Waals surface area (Å²) >= 11 is 0. The van der Waals surface area contributed by atoms with Gasteiger partial charge < -0.3 is 11.1 Å². The molecule has 1 saturated heterocycles. The van der Waals surface area contributed by atoms with Gasteiger partial charge in [-0.05, 0) is 55.3 Å². The van der Waals surface area contributed by atoms with Gasteiger partial charge in [-0.2, -0.15) is 4.31 Å². The first-order chi connectivity index (χ1) is 13.4. The lowest BCUT2D eigenvalue weighted by atomic mass is 10.2. The maximum Gasteiger partial charge on any atom is 0.255 e. The van der Waals surface area contributed by atoms with Gasteiger partial charge in [-0.15, -0.1) is 0 Å². The van der Waals surface area contributed by atoms with Crippen LogP contribution in [0.3, 0.4) is 0 Å². The summed E-state index contributed by atoms with van der Waals surface area (Å²) in [4.78, 5) is 23.8. The number of carbonyl (C=O) groups excluding carboxylic acids is 2. The number of primary amides is 1. The second-order valence-corrected chi connectivity index (χ2v) is 8.68. The molecule has 2 aromatic rings. The lowest BCUT2D eigenvalue weighted by Gasteiger charge is -2.20. The molecule has 0 saturated carbocycles. The summed E-state index contributed by atoms with van der Waals surface area (Å²) in [5, 5.41) is 2.69. The molecule has 2 amide bonds. The number of hydrogen-bond donors (Lipinski definition) is 2. The fourth-order valence-electron chi connectivity index (χ4n) is 3.15. The SMILES string of the molecule is NC(=O)c1ccc(NC(=O)c2cccc(S(=O)(=O)N3CCCCCC3)c2)cc1. The lowest BCUT2D eigenvalue weighted by Crippen LogP contribution is -2.32. The molecule has 148 valence electrons. The van der Waals surface area contributed by atoms with Crippen LogP contribution >= 0.6 is 0 Å². The molecule has 1 heterocycles. The summed E-state index contributed by atoms with van der Waals surface area (Å²) in [6.07, 6.45) is 3.76. The van der Waals surface area contributed by atoms with E-state index >= 15 is 0 Å². The number of nitrogens with two attached hydrogens (primary N) is 1. The van der Waals surface area contributed by atoms with Crippen molar-refractivity contribution in [1.82, 2.24) is 4.31 Å². The second kappa shape index (κ2) is 8.53. The van der Waals surface area contributed by atoms with Crippen LogP contribution in [0.1, 0.15) is 46.4 Å². The number of amides is 2. The molecule has 1 fully saturated rings. The highest BCUT2D eigenvalue weighted by Gasteiger charge is 2.25. The van der Waals surface area contributed by atoms with Crippen LogP contribution in [0.4, 0.5) is 5.69 Å². The quantitative estimate of drug-likeness (QED) is 0.802. The Morgan fingerprint density at radius 1 is 0.893 bits per heavy atom. The number of anilines is 1. The number of nitrogens with one attached hydrogen (secondary N) is 1. The van der Waals surface area contributed by atoms with Crippen LogP contribution in [0.5, 0.6) is 0 Å². The number of benzene rings is 2. The number of sulfonamides is 1. The van der Waals surface area contributed by atoms with E-state index in [1.165, 1.54) is 28.6 Å². The van der Waals surface area contributed by atoms with Crippen molar-refractivity contribution < 1.29 is 18.0 Å². The highest BCUT2D eigenvalue weighted by molar-refractivity contribution is 7.89. The first-order valence-electron chi connectivity index (χ1n) is 9.19. The van der Waals surface area contributed by atoms with Gasteiger partial charge in [0.2, 0.25) is 15.9 Å². The van der Waals surface area contributed by atoms with Crippen molar-refractivity contribution in [2.75, 3.05) is 18.4 Å². The molecule has 8 heteroatoms. The Hall–Kier alpha value is -2.71. The first-order valence-corrected chi connectivity index (χ1v) is 10.6. The molecule has 0 unspecified atom stereocenters. The van der Waals surface area contributed by atoms with Gasteiger partial charge in [0.1, 0.15) is 0 Å². The largest absolute Gasteiger partial charge is 0.366 e. The van der Waals surface area contributed by atoms with Crippen LogP contribution in [0, 0.1) is 0 Å². The van der Waals surface area contributed by atoms with E-state index in [2.05, 4.69) is 5.32 Å². The molecular formula is C20H23N3O4S. The van der Waals surface area contributed by atoms with Gasteiger partial charge in [-0.25, -0.2) is 8.42 Å². The van der Waals surface area contributed by atoms with Crippen LogP contribution < -0.4 is 11.1 Å². The Balaban J connectivity index is 1.78. The van der Waals surface area contributed by atoms with Gasteiger partial charge in [-0.3, -0.25) is 9.59 Å². The highest BCUT2D eigenvalue weighted by Crippen LogP contribution is 2.21. The monoisotopic (exact) mass is 401 g/mol. The van der Waals surface area contributed by atoms with Gasteiger partial charge in [0.05, 0.1) is 4.90 Å². The number of rotatable bonds is 5. The van der Waals surface area contributed by atoms with Gasteiger partial charge in [0, 0.05) is 29.9 Å². The zero-order valence-corrected chi connectivity index (χ0v) is 16.2. The van der Waals surface area contributed by atoms with Crippen LogP contribution in [-0.2, 0) is 10.0 Å². The number of carbonyl (C=O) groups is 2. The smallest absolute Gasteiger partial charge is 0.255 e. The van der Waals surface area contributed by atoms with Crippen molar-refractivity contribution in [2.45, 2.75) is 30.6 Å². The van der Waals surface area contributed by atoms with Crippen LogP contribution in [0.2, 0.25) is 0 Å². The van der Waals surface area contributed by atoms with E-state index in [1.807, 2.05) is 0 Å². The Kier molecular flexibility index (Phi) is 6.11. The van der Waals surface area contributed by atoms with Crippen LogP contribution in [0.25, 0.3) is 0 Å². The van der Waals surface area contributed by atoms with Crippen molar-refractivity contribution in [3.63, 3.8) is 0 Å². The van der Waals surface area contributed by atoms with Crippen molar-refractivity contribution in [3.8, 4) is 0 Å². The molecule has 0 atom stereocenters. The van der Waals surface area contributed by atoms with Crippen LogP contribution in [-0.4, -0.2) is 37.6 Å². The Labute approximate surface area is 164 Å². The molecule has 3 rings (SSSR count). The molecule has 2 aromatic carbocycles. The van der Waals surface area contributed by atoms with Crippen molar-refractivity contribution in [2.24, 2.45) is 5.73 Å². The zero-order valence-electron chi connectivity index (χ0n) is 15.4. The molecule has 0 aromatic heterocycles. The van der Waals surface area contributed by atoms with Gasteiger partial charge >= 0.3 is 0 Å². The Morgan fingerprint density at radius 3 is 2.14 bits per heavy atom. The predicted molar refractivity (Wildman–Crippen MR) is 107 cm³/mol. The summed E-state index contributed by atoms with van der Waals surface area (Å²) in [7, 11) is -3.63. The maximum absolute atomic E-state index is 12.9. The van der Waals surface area contributed by atoms with Crippen molar-refractivity contribution in [1.29, 1.82) is 0 Å². The van der Waals surface area contributed by atoms with E-state index in [9.17, 15) is 18.0 Å². The summed E-state index contributed by atoms with van der Waals surface area (Å²) < 4.78 is 27.3. The maximum atomic E-state index is 12.9. The molecule has 0 bridgehead atoms. The molecule has 1 aliphatic rings. The molecule has 28 heavy (non-hydrogen) atoms. The van der Waals surface area contributed by atoms with Gasteiger partial charge in [0.25, 0.3) is 5.91 Å². The van der Waals surface area contributed by atoms with E-state index in [1.54, 1.807) is 24.3 Å². The molecular weight excluding hydrogens is 378 g/mol. The standard InChI is InChI=1S/C20H23N3O4S/c21-19(24)15-8-10-17(11-9-15)22-20(25)16-6-5-7-18(14-16)28(26,27)23-12-3-1-2-4-13-23/h5-11,14H,1-4,12-13H2,(H2,21,24)(H,22,25). The summed E-state index contributed by atoms with van der Waals surface area (Å²) in [6.45, 7) is 1.01. The molecule has 0 radical (unpaired) electrons. The molecule has 0 aliphatic carbocycles. The van der Waals surface area contributed by atoms with E-state index in [0.717, 1.165) is 25.7 Å². The molecule has 3 N–H and O–H groups in total. The molecule has 1 aliphatic heterocycles. The summed E-state index contributed by atoms with van der Waals surface area (Å²) in [5.74, 6) is -0.982. The fourth-order valence-corrected chi connectivity index (χ4v) is 4.71. The summed E-state index contributed by atoms with van der Waals surface area (Å²) in [5.41, 5.74) is 6.26. The highest BCUT2D eigenvalue weighted by atomic mass is 32.2. The van der Waals surface area contributed by atoms with Crippen molar-refractivity contribution in [3.05, 3.63) is 59.7 Å². The van der Waals surface area contributed by atoms with E-state index < -0.39 is 21.8 Å². The topological polar surface area (TPSA) is 110 Å². The minimum Gasteiger partial charge on any atom is -0.366 e. The van der Waals surface area contributed by atoms with Gasteiger partial charge in [0.15, 0.2) is 0 Å².